The van der Waals surface area contributed by atoms with Gasteiger partial charge in [-0.1, -0.05) is 42.5 Å². The van der Waals surface area contributed by atoms with Gasteiger partial charge in [0.1, 0.15) is 0 Å². The molecule has 4 heteroatoms. The summed E-state index contributed by atoms with van der Waals surface area (Å²) in [5.74, 6) is -1.03. The molecule has 0 saturated carbocycles. The van der Waals surface area contributed by atoms with E-state index in [4.69, 9.17) is 4.74 Å². The number of ether oxygens (including phenoxy) is 1. The van der Waals surface area contributed by atoms with Crippen LogP contribution >= 0.6 is 0 Å². The lowest BCUT2D eigenvalue weighted by atomic mass is 9.79. The second kappa shape index (κ2) is 8.89. The second-order valence-electron chi connectivity index (χ2n) is 6.10. The summed E-state index contributed by atoms with van der Waals surface area (Å²) in [5, 5.41) is 9.34. The highest BCUT2D eigenvalue weighted by Crippen LogP contribution is 2.37. The van der Waals surface area contributed by atoms with E-state index in [9.17, 15) is 10.1 Å². The van der Waals surface area contributed by atoms with E-state index in [2.05, 4.69) is 6.07 Å². The Balaban J connectivity index is 2.45. The lowest BCUT2D eigenvalue weighted by Gasteiger charge is -2.25. The molecule has 2 atom stereocenters. The third-order valence-electron chi connectivity index (χ3n) is 4.25. The van der Waals surface area contributed by atoms with Crippen molar-refractivity contribution < 1.29 is 9.53 Å². The Morgan fingerprint density at radius 2 is 1.72 bits per heavy atom. The van der Waals surface area contributed by atoms with Crippen LogP contribution in [0.1, 0.15) is 36.3 Å². The summed E-state index contributed by atoms with van der Waals surface area (Å²) in [6.07, 6.45) is 0.250. The van der Waals surface area contributed by atoms with Crippen molar-refractivity contribution in [2.75, 3.05) is 25.6 Å². The van der Waals surface area contributed by atoms with Crippen molar-refractivity contribution in [3.05, 3.63) is 65.7 Å². The zero-order chi connectivity index (χ0) is 18.2. The molecule has 0 bridgehead atoms. The summed E-state index contributed by atoms with van der Waals surface area (Å²) in [7, 11) is 3.96. The largest absolute Gasteiger partial charge is 0.466 e. The second-order valence-corrected chi connectivity index (χ2v) is 6.10. The number of nitrogens with zero attached hydrogens (tertiary/aromatic N) is 2. The molecule has 0 saturated heterocycles. The topological polar surface area (TPSA) is 53.3 Å². The number of rotatable bonds is 7. The third kappa shape index (κ3) is 4.60. The van der Waals surface area contributed by atoms with Gasteiger partial charge in [0.05, 0.1) is 18.6 Å². The summed E-state index contributed by atoms with van der Waals surface area (Å²) >= 11 is 0. The molecule has 0 aliphatic rings. The van der Waals surface area contributed by atoms with Gasteiger partial charge >= 0.3 is 5.97 Å². The average Bonchev–Trinajstić information content (AvgIpc) is 2.62. The maximum Gasteiger partial charge on any atom is 0.314 e. The van der Waals surface area contributed by atoms with Gasteiger partial charge in [0.2, 0.25) is 0 Å². The van der Waals surface area contributed by atoms with Gasteiger partial charge in [-0.2, -0.15) is 5.26 Å². The fourth-order valence-electron chi connectivity index (χ4n) is 2.97. The molecule has 130 valence electrons. The quantitative estimate of drug-likeness (QED) is 0.714. The number of carbonyl (C=O) groups excluding carboxylic acids is 1. The highest BCUT2D eigenvalue weighted by Gasteiger charge is 2.32. The monoisotopic (exact) mass is 336 g/mol. The number of anilines is 1. The van der Waals surface area contributed by atoms with Crippen molar-refractivity contribution in [1.82, 2.24) is 0 Å². The minimum absolute atomic E-state index is 0.248. The average molecular weight is 336 g/mol. The molecule has 0 aliphatic carbocycles. The van der Waals surface area contributed by atoms with Crippen LogP contribution in [0.5, 0.6) is 0 Å². The van der Waals surface area contributed by atoms with Crippen LogP contribution in [0.3, 0.4) is 0 Å². The smallest absolute Gasteiger partial charge is 0.314 e. The lowest BCUT2D eigenvalue weighted by molar-refractivity contribution is -0.145. The zero-order valence-electron chi connectivity index (χ0n) is 15.0. The molecular weight excluding hydrogens is 312 g/mol. The minimum Gasteiger partial charge on any atom is -0.466 e. The first kappa shape index (κ1) is 18.5. The van der Waals surface area contributed by atoms with Crippen LogP contribution in [0.2, 0.25) is 0 Å². The molecule has 4 nitrogen and oxygen atoms in total. The van der Waals surface area contributed by atoms with E-state index in [1.165, 1.54) is 0 Å². The SMILES string of the molecule is CCOC(=O)C(c1ccccc1)C(CC#N)c1ccc(N(C)C)cc1. The van der Waals surface area contributed by atoms with E-state index in [-0.39, 0.29) is 18.3 Å². The van der Waals surface area contributed by atoms with E-state index in [0.29, 0.717) is 6.61 Å². The maximum absolute atomic E-state index is 12.7. The fourth-order valence-corrected chi connectivity index (χ4v) is 2.97. The van der Waals surface area contributed by atoms with Gasteiger partial charge in [0.15, 0.2) is 0 Å². The van der Waals surface area contributed by atoms with E-state index < -0.39 is 5.92 Å². The molecule has 0 spiro atoms. The van der Waals surface area contributed by atoms with E-state index >= 15 is 0 Å². The first-order valence-electron chi connectivity index (χ1n) is 8.44. The Morgan fingerprint density at radius 1 is 1.08 bits per heavy atom. The molecule has 0 radical (unpaired) electrons. The number of hydrogen-bond acceptors (Lipinski definition) is 4. The molecule has 0 aliphatic heterocycles. The van der Waals surface area contributed by atoms with Crippen molar-refractivity contribution in [2.45, 2.75) is 25.2 Å². The Hall–Kier alpha value is -2.80. The number of nitriles is 1. The van der Waals surface area contributed by atoms with E-state index in [1.54, 1.807) is 6.92 Å². The van der Waals surface area contributed by atoms with E-state index in [0.717, 1.165) is 16.8 Å². The fraction of sp³-hybridized carbons (Fsp3) is 0.333. The summed E-state index contributed by atoms with van der Waals surface area (Å²) < 4.78 is 5.31. The molecule has 2 aromatic rings. The highest BCUT2D eigenvalue weighted by atomic mass is 16.5. The molecule has 2 unspecified atom stereocenters. The van der Waals surface area contributed by atoms with Crippen molar-refractivity contribution in [1.29, 1.82) is 5.26 Å². The Labute approximate surface area is 149 Å². The molecule has 0 N–H and O–H groups in total. The van der Waals surface area contributed by atoms with Crippen LogP contribution in [0.25, 0.3) is 0 Å². The van der Waals surface area contributed by atoms with Crippen LogP contribution in [0, 0.1) is 11.3 Å². The summed E-state index contributed by atoms with van der Waals surface area (Å²) in [5.41, 5.74) is 2.92. The standard InChI is InChI=1S/C21H24N2O2/c1-4-25-21(24)20(17-8-6-5-7-9-17)19(14-15-22)16-10-12-18(13-11-16)23(2)3/h5-13,19-20H,4,14H2,1-3H3. The van der Waals surface area contributed by atoms with Gasteiger partial charge in [-0.25, -0.2) is 0 Å². The first-order chi connectivity index (χ1) is 12.1. The van der Waals surface area contributed by atoms with Gasteiger partial charge in [-0.05, 0) is 30.2 Å². The molecule has 0 fully saturated rings. The Morgan fingerprint density at radius 3 is 2.24 bits per heavy atom. The van der Waals surface area contributed by atoms with Crippen molar-refractivity contribution in [3.63, 3.8) is 0 Å². The molecule has 0 heterocycles. The van der Waals surface area contributed by atoms with Crippen LogP contribution in [-0.4, -0.2) is 26.7 Å². The number of hydrogen-bond donors (Lipinski definition) is 0. The summed E-state index contributed by atoms with van der Waals surface area (Å²) in [4.78, 5) is 14.7. The molecular formula is C21H24N2O2. The summed E-state index contributed by atoms with van der Waals surface area (Å²) in [6, 6.07) is 19.8. The predicted molar refractivity (Wildman–Crippen MR) is 99.6 cm³/mol. The number of esters is 1. The van der Waals surface area contributed by atoms with Crippen LogP contribution in [0.15, 0.2) is 54.6 Å². The molecule has 2 aromatic carbocycles. The van der Waals surface area contributed by atoms with Crippen molar-refractivity contribution in [3.8, 4) is 6.07 Å². The first-order valence-corrected chi connectivity index (χ1v) is 8.44. The van der Waals surface area contributed by atoms with Gasteiger partial charge in [-0.3, -0.25) is 4.79 Å². The Kier molecular flexibility index (Phi) is 6.59. The molecule has 0 amide bonds. The van der Waals surface area contributed by atoms with Gasteiger partial charge in [-0.15, -0.1) is 0 Å². The number of benzene rings is 2. The normalized spacial score (nSPS) is 12.7. The minimum atomic E-state index is -0.494. The third-order valence-corrected chi connectivity index (χ3v) is 4.25. The lowest BCUT2D eigenvalue weighted by Crippen LogP contribution is -2.23. The van der Waals surface area contributed by atoms with Crippen molar-refractivity contribution in [2.24, 2.45) is 0 Å². The van der Waals surface area contributed by atoms with Crippen molar-refractivity contribution >= 4 is 11.7 Å². The van der Waals surface area contributed by atoms with Crippen LogP contribution < -0.4 is 4.90 Å². The Bertz CT molecular complexity index is 718. The zero-order valence-corrected chi connectivity index (χ0v) is 15.0. The molecule has 2 rings (SSSR count). The number of carbonyl (C=O) groups is 1. The van der Waals surface area contributed by atoms with Crippen LogP contribution in [-0.2, 0) is 9.53 Å². The summed E-state index contributed by atoms with van der Waals surface area (Å²) in [6.45, 7) is 2.12. The molecule has 25 heavy (non-hydrogen) atoms. The maximum atomic E-state index is 12.7. The van der Waals surface area contributed by atoms with Gasteiger partial charge in [0, 0.05) is 32.1 Å². The van der Waals surface area contributed by atoms with Crippen LogP contribution in [0.4, 0.5) is 5.69 Å². The highest BCUT2D eigenvalue weighted by molar-refractivity contribution is 5.79. The van der Waals surface area contributed by atoms with Gasteiger partial charge in [0.25, 0.3) is 0 Å². The van der Waals surface area contributed by atoms with E-state index in [1.807, 2.05) is 73.6 Å². The van der Waals surface area contributed by atoms with Gasteiger partial charge < -0.3 is 9.64 Å². The molecule has 0 aromatic heterocycles. The predicted octanol–water partition coefficient (Wildman–Crippen LogP) is 4.10.